The molecule has 2 aromatic rings. The first-order valence-corrected chi connectivity index (χ1v) is 13.3. The van der Waals surface area contributed by atoms with Crippen LogP contribution in [0.1, 0.15) is 123 Å². The van der Waals surface area contributed by atoms with Gasteiger partial charge in [0, 0.05) is 11.8 Å². The molecule has 0 nitrogen and oxygen atoms in total. The van der Waals surface area contributed by atoms with Gasteiger partial charge in [0.15, 0.2) is 0 Å². The summed E-state index contributed by atoms with van der Waals surface area (Å²) in [6, 6.07) is 9.37. The fourth-order valence-corrected chi connectivity index (χ4v) is 6.83. The zero-order valence-electron chi connectivity index (χ0n) is 22.4. The third-order valence-corrected chi connectivity index (χ3v) is 8.55. The van der Waals surface area contributed by atoms with Gasteiger partial charge in [0.2, 0.25) is 0 Å². The van der Waals surface area contributed by atoms with E-state index in [1.165, 1.54) is 71.9 Å². The highest BCUT2D eigenvalue weighted by atomic mass is 14.5. The molecule has 0 heterocycles. The van der Waals surface area contributed by atoms with Gasteiger partial charge < -0.3 is 0 Å². The van der Waals surface area contributed by atoms with E-state index < -0.39 is 0 Å². The van der Waals surface area contributed by atoms with E-state index in [0.717, 1.165) is 0 Å². The van der Waals surface area contributed by atoms with Gasteiger partial charge in [-0.2, -0.15) is 0 Å². The maximum Gasteiger partial charge on any atom is 0.0120 e. The predicted molar refractivity (Wildman–Crippen MR) is 146 cm³/mol. The quantitative estimate of drug-likeness (QED) is 0.383. The minimum Gasteiger partial charge on any atom is -0.0654 e. The first kappa shape index (κ1) is 24.1. The Bertz CT molecular complexity index is 1020. The summed E-state index contributed by atoms with van der Waals surface area (Å²) in [6.45, 7) is 19.1. The SMILES string of the molecule is CCCCC1=Cc2c(C)ccc(C)c2C1C(C)(C)C1C(CCCC)=Cc2c(C)ccc(C)c21. The normalized spacial score (nSPS) is 19.4. The lowest BCUT2D eigenvalue weighted by Gasteiger charge is -2.43. The van der Waals surface area contributed by atoms with Gasteiger partial charge in [0.1, 0.15) is 0 Å². The molecule has 0 bridgehead atoms. The number of rotatable bonds is 8. The monoisotopic (exact) mass is 440 g/mol. The van der Waals surface area contributed by atoms with Crippen molar-refractivity contribution in [2.45, 2.75) is 106 Å². The van der Waals surface area contributed by atoms with E-state index in [1.54, 1.807) is 22.3 Å². The first-order valence-electron chi connectivity index (χ1n) is 13.3. The Labute approximate surface area is 203 Å². The third kappa shape index (κ3) is 4.05. The molecule has 33 heavy (non-hydrogen) atoms. The Morgan fingerprint density at radius 2 is 0.970 bits per heavy atom. The van der Waals surface area contributed by atoms with Crippen LogP contribution in [0.5, 0.6) is 0 Å². The van der Waals surface area contributed by atoms with Crippen molar-refractivity contribution in [3.63, 3.8) is 0 Å². The molecule has 0 spiro atoms. The maximum atomic E-state index is 2.58. The third-order valence-electron chi connectivity index (χ3n) is 8.55. The summed E-state index contributed by atoms with van der Waals surface area (Å²) in [4.78, 5) is 0. The molecule has 2 aliphatic rings. The highest BCUT2D eigenvalue weighted by Gasteiger charge is 2.47. The van der Waals surface area contributed by atoms with Crippen LogP contribution in [0.3, 0.4) is 0 Å². The van der Waals surface area contributed by atoms with Crippen LogP contribution in [0.15, 0.2) is 35.4 Å². The van der Waals surface area contributed by atoms with Gasteiger partial charge in [-0.1, -0.05) is 88.1 Å². The van der Waals surface area contributed by atoms with Crippen molar-refractivity contribution in [3.05, 3.63) is 79.9 Å². The van der Waals surface area contributed by atoms with Crippen molar-refractivity contribution in [1.82, 2.24) is 0 Å². The Morgan fingerprint density at radius 1 is 0.606 bits per heavy atom. The summed E-state index contributed by atoms with van der Waals surface area (Å²) in [6.07, 6.45) is 12.7. The molecule has 2 unspecified atom stereocenters. The van der Waals surface area contributed by atoms with Crippen molar-refractivity contribution >= 4 is 12.2 Å². The fourth-order valence-electron chi connectivity index (χ4n) is 6.83. The number of allylic oxidation sites excluding steroid dienone is 2. The Kier molecular flexibility index (Phi) is 6.77. The van der Waals surface area contributed by atoms with Gasteiger partial charge in [0.05, 0.1) is 0 Å². The Hall–Kier alpha value is -2.08. The van der Waals surface area contributed by atoms with E-state index in [-0.39, 0.29) is 5.41 Å². The van der Waals surface area contributed by atoms with Gasteiger partial charge in [-0.25, -0.2) is 0 Å². The lowest BCUT2D eigenvalue weighted by Crippen LogP contribution is -2.31. The molecule has 2 atom stereocenters. The van der Waals surface area contributed by atoms with Gasteiger partial charge in [-0.3, -0.25) is 0 Å². The number of benzene rings is 2. The van der Waals surface area contributed by atoms with Crippen LogP contribution in [0.4, 0.5) is 0 Å². The summed E-state index contributed by atoms with van der Waals surface area (Å²) in [7, 11) is 0. The molecule has 2 aliphatic carbocycles. The minimum absolute atomic E-state index is 0.118. The summed E-state index contributed by atoms with van der Waals surface area (Å²) >= 11 is 0. The Morgan fingerprint density at radius 3 is 1.33 bits per heavy atom. The molecule has 0 aromatic heterocycles. The second kappa shape index (κ2) is 9.28. The van der Waals surface area contributed by atoms with E-state index in [2.05, 4.69) is 91.8 Å². The highest BCUT2D eigenvalue weighted by molar-refractivity contribution is 5.75. The van der Waals surface area contributed by atoms with Crippen LogP contribution >= 0.6 is 0 Å². The first-order chi connectivity index (χ1) is 15.7. The van der Waals surface area contributed by atoms with E-state index >= 15 is 0 Å². The molecule has 0 N–H and O–H groups in total. The molecule has 2 aromatic carbocycles. The molecule has 0 saturated heterocycles. The second-order valence-electron chi connectivity index (χ2n) is 11.4. The van der Waals surface area contributed by atoms with E-state index in [9.17, 15) is 0 Å². The molecule has 0 aliphatic heterocycles. The predicted octanol–water partition coefficient (Wildman–Crippen LogP) is 9.99. The minimum atomic E-state index is 0.118. The van der Waals surface area contributed by atoms with Crippen molar-refractivity contribution < 1.29 is 0 Å². The molecule has 0 saturated carbocycles. The van der Waals surface area contributed by atoms with Crippen LogP contribution in [-0.4, -0.2) is 0 Å². The fraction of sp³-hybridized carbons (Fsp3) is 0.515. The summed E-state index contributed by atoms with van der Waals surface area (Å²) in [5.74, 6) is 0.972. The van der Waals surface area contributed by atoms with Gasteiger partial charge >= 0.3 is 0 Å². The van der Waals surface area contributed by atoms with Crippen molar-refractivity contribution in [3.8, 4) is 0 Å². The molecule has 4 rings (SSSR count). The molecule has 176 valence electrons. The summed E-state index contributed by atoms with van der Waals surface area (Å²) in [5.41, 5.74) is 15.5. The molecule has 0 amide bonds. The van der Waals surface area contributed by atoms with Crippen LogP contribution in [-0.2, 0) is 0 Å². The standard InChI is InChI=1S/C33H44/c1-9-11-13-25-19-27-21(3)15-17-23(5)29(27)31(25)33(7,8)32-26(14-12-10-2)20-28-22(4)16-18-24(6)30(28)32/h15-20,31-32H,9-14H2,1-8H3. The van der Waals surface area contributed by atoms with Crippen molar-refractivity contribution in [2.75, 3.05) is 0 Å². The molecule has 0 heteroatoms. The van der Waals surface area contributed by atoms with Crippen molar-refractivity contribution in [1.29, 1.82) is 0 Å². The molecular weight excluding hydrogens is 396 g/mol. The average molecular weight is 441 g/mol. The van der Waals surface area contributed by atoms with Gasteiger partial charge in [-0.05, 0) is 103 Å². The number of aryl methyl sites for hydroxylation is 4. The summed E-state index contributed by atoms with van der Waals surface area (Å²) in [5, 5.41) is 0. The maximum absolute atomic E-state index is 2.58. The number of hydrogen-bond acceptors (Lipinski definition) is 0. The topological polar surface area (TPSA) is 0 Å². The number of fused-ring (bicyclic) bond motifs is 2. The van der Waals surface area contributed by atoms with Gasteiger partial charge in [0.25, 0.3) is 0 Å². The van der Waals surface area contributed by atoms with Crippen LogP contribution in [0, 0.1) is 33.1 Å². The highest BCUT2D eigenvalue weighted by Crippen LogP contribution is 2.61. The van der Waals surface area contributed by atoms with Crippen molar-refractivity contribution in [2.24, 2.45) is 5.41 Å². The lowest BCUT2D eigenvalue weighted by atomic mass is 9.60. The largest absolute Gasteiger partial charge is 0.0654 e. The van der Waals surface area contributed by atoms with Crippen LogP contribution < -0.4 is 0 Å². The van der Waals surface area contributed by atoms with Gasteiger partial charge in [-0.15, -0.1) is 0 Å². The second-order valence-corrected chi connectivity index (χ2v) is 11.4. The van der Waals surface area contributed by atoms with Crippen LogP contribution in [0.25, 0.3) is 12.2 Å². The Balaban J connectivity index is 1.89. The molecule has 0 radical (unpaired) electrons. The van der Waals surface area contributed by atoms with E-state index in [0.29, 0.717) is 11.8 Å². The lowest BCUT2D eigenvalue weighted by molar-refractivity contribution is 0.266. The molecule has 0 fully saturated rings. The number of hydrogen-bond donors (Lipinski definition) is 0. The zero-order valence-corrected chi connectivity index (χ0v) is 22.4. The zero-order chi connectivity index (χ0) is 23.9. The summed E-state index contributed by atoms with van der Waals surface area (Å²) < 4.78 is 0. The molecular formula is C33H44. The van der Waals surface area contributed by atoms with Crippen LogP contribution in [0.2, 0.25) is 0 Å². The average Bonchev–Trinajstić information content (AvgIpc) is 3.37. The smallest absolute Gasteiger partial charge is 0.0120 e. The van der Waals surface area contributed by atoms with E-state index in [1.807, 2.05) is 0 Å². The van der Waals surface area contributed by atoms with E-state index in [4.69, 9.17) is 0 Å². The number of unbranched alkanes of at least 4 members (excludes halogenated alkanes) is 2.